The summed E-state index contributed by atoms with van der Waals surface area (Å²) in [7, 11) is 0. The van der Waals surface area contributed by atoms with Gasteiger partial charge in [0, 0.05) is 18.3 Å². The van der Waals surface area contributed by atoms with E-state index in [0.717, 1.165) is 12.1 Å². The van der Waals surface area contributed by atoms with Crippen molar-refractivity contribution in [3.63, 3.8) is 0 Å². The van der Waals surface area contributed by atoms with E-state index in [1.165, 1.54) is 29.1 Å². The van der Waals surface area contributed by atoms with Crippen molar-refractivity contribution in [2.75, 3.05) is 6.54 Å². The van der Waals surface area contributed by atoms with Crippen molar-refractivity contribution in [2.45, 2.75) is 38.4 Å². The molecule has 2 aromatic rings. The molecule has 26 heavy (non-hydrogen) atoms. The number of alkyl halides is 3. The minimum atomic E-state index is -4.44. The Morgan fingerprint density at radius 3 is 2.46 bits per heavy atom. The lowest BCUT2D eigenvalue weighted by molar-refractivity contribution is -0.137. The van der Waals surface area contributed by atoms with Crippen molar-refractivity contribution in [2.24, 2.45) is 5.73 Å². The molecule has 0 fully saturated rings. The van der Waals surface area contributed by atoms with Gasteiger partial charge in [0.15, 0.2) is 5.69 Å². The van der Waals surface area contributed by atoms with E-state index in [0.29, 0.717) is 19.4 Å². The molecular formula is C17H22ClF3N4O. The number of nitrogens with one attached hydrogen (secondary N) is 1. The Balaban J connectivity index is 0.00000338. The van der Waals surface area contributed by atoms with Gasteiger partial charge in [0.05, 0.1) is 11.3 Å². The molecule has 0 saturated carbocycles. The number of amides is 1. The Morgan fingerprint density at radius 2 is 1.88 bits per heavy atom. The summed E-state index contributed by atoms with van der Waals surface area (Å²) in [5, 5.41) is 6.77. The summed E-state index contributed by atoms with van der Waals surface area (Å²) in [6, 6.07) is 6.20. The number of hydrogen-bond acceptors (Lipinski definition) is 3. The van der Waals surface area contributed by atoms with Crippen LogP contribution in [0.3, 0.4) is 0 Å². The van der Waals surface area contributed by atoms with E-state index >= 15 is 0 Å². The van der Waals surface area contributed by atoms with Crippen LogP contribution in [0.25, 0.3) is 5.69 Å². The zero-order valence-electron chi connectivity index (χ0n) is 14.5. The first-order chi connectivity index (χ1) is 11.7. The summed E-state index contributed by atoms with van der Waals surface area (Å²) in [6.07, 6.45) is -1.57. The van der Waals surface area contributed by atoms with Crippen LogP contribution in [0.5, 0.6) is 0 Å². The van der Waals surface area contributed by atoms with E-state index in [9.17, 15) is 18.0 Å². The number of aromatic nitrogens is 2. The predicted octanol–water partition coefficient (Wildman–Crippen LogP) is 3.56. The van der Waals surface area contributed by atoms with Gasteiger partial charge >= 0.3 is 6.18 Å². The van der Waals surface area contributed by atoms with Gasteiger partial charge in [-0.05, 0) is 37.1 Å². The molecule has 1 heterocycles. The largest absolute Gasteiger partial charge is 0.416 e. The topological polar surface area (TPSA) is 72.9 Å². The van der Waals surface area contributed by atoms with Crippen molar-refractivity contribution in [1.82, 2.24) is 15.1 Å². The van der Waals surface area contributed by atoms with Gasteiger partial charge in [0.25, 0.3) is 5.91 Å². The zero-order valence-corrected chi connectivity index (χ0v) is 15.3. The number of carbonyl (C=O) groups is 1. The van der Waals surface area contributed by atoms with Crippen molar-refractivity contribution >= 4 is 18.3 Å². The van der Waals surface area contributed by atoms with E-state index in [1.807, 2.05) is 13.8 Å². The lowest BCUT2D eigenvalue weighted by atomic mass is 9.94. The molecule has 0 aliphatic rings. The molecule has 1 aromatic carbocycles. The summed E-state index contributed by atoms with van der Waals surface area (Å²) < 4.78 is 39.6. The third kappa shape index (κ3) is 5.22. The van der Waals surface area contributed by atoms with Gasteiger partial charge < -0.3 is 11.1 Å². The predicted molar refractivity (Wildman–Crippen MR) is 95.6 cm³/mol. The smallest absolute Gasteiger partial charge is 0.349 e. The fraction of sp³-hybridized carbons (Fsp3) is 0.412. The molecule has 144 valence electrons. The summed E-state index contributed by atoms with van der Waals surface area (Å²) in [5.74, 6) is -0.414. The van der Waals surface area contributed by atoms with Crippen LogP contribution in [-0.2, 0) is 6.18 Å². The van der Waals surface area contributed by atoms with Gasteiger partial charge in [-0.2, -0.15) is 18.3 Å². The number of hydrogen-bond donors (Lipinski definition) is 2. The second kappa shape index (κ2) is 8.55. The Labute approximate surface area is 156 Å². The maximum absolute atomic E-state index is 12.8. The van der Waals surface area contributed by atoms with Gasteiger partial charge in [-0.15, -0.1) is 12.4 Å². The van der Waals surface area contributed by atoms with E-state index in [4.69, 9.17) is 5.73 Å². The van der Waals surface area contributed by atoms with Crippen LogP contribution in [0.4, 0.5) is 13.2 Å². The lowest BCUT2D eigenvalue weighted by Crippen LogP contribution is -2.49. The van der Waals surface area contributed by atoms with Crippen LogP contribution in [0, 0.1) is 0 Å². The third-order valence-corrected chi connectivity index (χ3v) is 4.27. The number of nitrogens with zero attached hydrogens (tertiary/aromatic N) is 2. The van der Waals surface area contributed by atoms with E-state index in [1.54, 1.807) is 0 Å². The lowest BCUT2D eigenvalue weighted by Gasteiger charge is -2.26. The second-order valence-electron chi connectivity index (χ2n) is 5.95. The first-order valence-corrected chi connectivity index (χ1v) is 7.99. The highest BCUT2D eigenvalue weighted by atomic mass is 35.5. The van der Waals surface area contributed by atoms with Crippen molar-refractivity contribution < 1.29 is 18.0 Å². The van der Waals surface area contributed by atoms with Crippen molar-refractivity contribution in [1.29, 1.82) is 0 Å². The summed E-state index contributed by atoms with van der Waals surface area (Å²) in [4.78, 5) is 12.2. The van der Waals surface area contributed by atoms with Crippen LogP contribution in [0.1, 0.15) is 42.7 Å². The summed E-state index contributed by atoms with van der Waals surface area (Å²) in [6.45, 7) is 4.19. The minimum absolute atomic E-state index is 0. The summed E-state index contributed by atoms with van der Waals surface area (Å²) in [5.41, 5.74) is 5.21. The first kappa shape index (κ1) is 22.0. The molecule has 0 aliphatic heterocycles. The van der Waals surface area contributed by atoms with E-state index in [2.05, 4.69) is 10.4 Å². The standard InChI is InChI=1S/C17H21F3N4O.ClH/c1-3-16(21,4-2)11-22-15(25)14-8-9-24(23-14)13-7-5-6-12(10-13)17(18,19)20;/h5-10H,3-4,11,21H2,1-2H3,(H,22,25);1H. The molecule has 0 atom stereocenters. The van der Waals surface area contributed by atoms with Crippen LogP contribution < -0.4 is 11.1 Å². The van der Waals surface area contributed by atoms with Crippen molar-refractivity contribution in [3.05, 3.63) is 47.8 Å². The van der Waals surface area contributed by atoms with Gasteiger partial charge in [-0.25, -0.2) is 4.68 Å². The van der Waals surface area contributed by atoms with Crippen LogP contribution >= 0.6 is 12.4 Å². The number of rotatable bonds is 6. The molecule has 0 aliphatic carbocycles. The zero-order chi connectivity index (χ0) is 18.7. The normalized spacial score (nSPS) is 11.8. The minimum Gasteiger partial charge on any atom is -0.349 e. The molecule has 0 saturated heterocycles. The Hall–Kier alpha value is -2.06. The molecule has 5 nitrogen and oxygen atoms in total. The fourth-order valence-corrected chi connectivity index (χ4v) is 2.26. The Kier molecular flexibility index (Phi) is 7.23. The van der Waals surface area contributed by atoms with Crippen LogP contribution in [-0.4, -0.2) is 27.8 Å². The maximum atomic E-state index is 12.8. The average molecular weight is 391 g/mol. The fourth-order valence-electron chi connectivity index (χ4n) is 2.26. The highest BCUT2D eigenvalue weighted by Crippen LogP contribution is 2.30. The number of nitrogens with two attached hydrogens (primary N) is 1. The number of carbonyl (C=O) groups excluding carboxylic acids is 1. The van der Waals surface area contributed by atoms with E-state index < -0.39 is 23.2 Å². The summed E-state index contributed by atoms with van der Waals surface area (Å²) >= 11 is 0. The quantitative estimate of drug-likeness (QED) is 0.792. The molecule has 0 bridgehead atoms. The van der Waals surface area contributed by atoms with Gasteiger partial charge in [-0.1, -0.05) is 19.9 Å². The number of benzene rings is 1. The molecule has 1 aromatic heterocycles. The third-order valence-electron chi connectivity index (χ3n) is 4.27. The molecule has 0 unspecified atom stereocenters. The molecular weight excluding hydrogens is 369 g/mol. The molecule has 3 N–H and O–H groups in total. The van der Waals surface area contributed by atoms with Gasteiger partial charge in [0.2, 0.25) is 0 Å². The first-order valence-electron chi connectivity index (χ1n) is 7.99. The molecule has 0 spiro atoms. The molecule has 1 amide bonds. The highest BCUT2D eigenvalue weighted by Gasteiger charge is 2.30. The second-order valence-corrected chi connectivity index (χ2v) is 5.95. The SMILES string of the molecule is CCC(N)(CC)CNC(=O)c1ccn(-c2cccc(C(F)(F)F)c2)n1.Cl. The maximum Gasteiger partial charge on any atom is 0.416 e. The van der Waals surface area contributed by atoms with Crippen LogP contribution in [0.2, 0.25) is 0 Å². The Bertz CT molecular complexity index is 742. The average Bonchev–Trinajstić information content (AvgIpc) is 3.09. The molecule has 2 rings (SSSR count). The monoisotopic (exact) mass is 390 g/mol. The van der Waals surface area contributed by atoms with Gasteiger partial charge in [0.1, 0.15) is 0 Å². The Morgan fingerprint density at radius 1 is 1.23 bits per heavy atom. The van der Waals surface area contributed by atoms with Gasteiger partial charge in [-0.3, -0.25) is 4.79 Å². The molecule has 0 radical (unpaired) electrons. The molecule has 9 heteroatoms. The van der Waals surface area contributed by atoms with E-state index in [-0.39, 0.29) is 23.8 Å². The highest BCUT2D eigenvalue weighted by molar-refractivity contribution is 5.92. The van der Waals surface area contributed by atoms with Crippen molar-refractivity contribution in [3.8, 4) is 5.69 Å². The number of halogens is 4. The van der Waals surface area contributed by atoms with Crippen LogP contribution in [0.15, 0.2) is 36.5 Å².